The van der Waals surface area contributed by atoms with Crippen molar-refractivity contribution in [3.8, 4) is 0 Å². The summed E-state index contributed by atoms with van der Waals surface area (Å²) in [5, 5.41) is 13.0. The fraction of sp³-hybridized carbons (Fsp3) is 0.438. The Kier molecular flexibility index (Phi) is 7.33. The van der Waals surface area contributed by atoms with E-state index >= 15 is 0 Å². The molecule has 0 aliphatic heterocycles. The highest BCUT2D eigenvalue weighted by molar-refractivity contribution is 8.01. The van der Waals surface area contributed by atoms with Gasteiger partial charge >= 0.3 is 0 Å². The SMILES string of the molecule is Cc1ccc(Nc2nnc(SCCCCC(=O)N(C)C)s2)cc1Cl. The van der Waals surface area contributed by atoms with Crippen molar-refractivity contribution in [2.24, 2.45) is 0 Å². The lowest BCUT2D eigenvalue weighted by Crippen LogP contribution is -2.21. The summed E-state index contributed by atoms with van der Waals surface area (Å²) in [6.07, 6.45) is 2.49. The highest BCUT2D eigenvalue weighted by Gasteiger charge is 2.07. The second-order valence-electron chi connectivity index (χ2n) is 5.56. The highest BCUT2D eigenvalue weighted by Crippen LogP contribution is 2.29. The smallest absolute Gasteiger partial charge is 0.222 e. The molecule has 0 saturated heterocycles. The number of halogens is 1. The van der Waals surface area contributed by atoms with E-state index in [1.165, 1.54) is 11.3 Å². The van der Waals surface area contributed by atoms with Crippen LogP contribution in [0.25, 0.3) is 0 Å². The summed E-state index contributed by atoms with van der Waals surface area (Å²) >= 11 is 9.31. The van der Waals surface area contributed by atoms with Crippen molar-refractivity contribution >= 4 is 51.4 Å². The molecule has 0 fully saturated rings. The Morgan fingerprint density at radius 2 is 2.12 bits per heavy atom. The first-order chi connectivity index (χ1) is 11.5. The van der Waals surface area contributed by atoms with Gasteiger partial charge in [0.05, 0.1) is 0 Å². The Balaban J connectivity index is 1.75. The molecule has 130 valence electrons. The van der Waals surface area contributed by atoms with E-state index in [9.17, 15) is 4.79 Å². The minimum atomic E-state index is 0.180. The van der Waals surface area contributed by atoms with Crippen LogP contribution in [0, 0.1) is 6.92 Å². The van der Waals surface area contributed by atoms with Crippen molar-refractivity contribution in [3.05, 3.63) is 28.8 Å². The van der Waals surface area contributed by atoms with Gasteiger partial charge in [-0.1, -0.05) is 40.8 Å². The topological polar surface area (TPSA) is 58.1 Å². The summed E-state index contributed by atoms with van der Waals surface area (Å²) in [6, 6.07) is 5.82. The van der Waals surface area contributed by atoms with Crippen LogP contribution in [-0.2, 0) is 4.79 Å². The zero-order valence-electron chi connectivity index (χ0n) is 14.0. The third-order valence-corrected chi connectivity index (χ3v) is 5.80. The molecule has 1 aromatic carbocycles. The molecule has 0 bridgehead atoms. The van der Waals surface area contributed by atoms with E-state index < -0.39 is 0 Å². The molecule has 2 aromatic rings. The van der Waals surface area contributed by atoms with Crippen molar-refractivity contribution in [2.45, 2.75) is 30.5 Å². The first-order valence-electron chi connectivity index (χ1n) is 7.65. The molecule has 1 amide bonds. The largest absolute Gasteiger partial charge is 0.349 e. The standard InChI is InChI=1S/C16H21ClN4OS2/c1-11-7-8-12(10-13(11)17)18-15-19-20-16(24-15)23-9-5-4-6-14(22)21(2)3/h7-8,10H,4-6,9H2,1-3H3,(H,18,19). The summed E-state index contributed by atoms with van der Waals surface area (Å²) in [5.41, 5.74) is 1.95. The van der Waals surface area contributed by atoms with E-state index in [0.717, 1.165) is 44.3 Å². The normalized spacial score (nSPS) is 10.7. The van der Waals surface area contributed by atoms with E-state index in [2.05, 4.69) is 15.5 Å². The van der Waals surface area contributed by atoms with Crippen LogP contribution < -0.4 is 5.32 Å². The number of anilines is 2. The van der Waals surface area contributed by atoms with E-state index in [1.54, 1.807) is 30.8 Å². The van der Waals surface area contributed by atoms with Crippen molar-refractivity contribution in [1.29, 1.82) is 0 Å². The van der Waals surface area contributed by atoms with E-state index in [1.807, 2.05) is 25.1 Å². The van der Waals surface area contributed by atoms with Crippen LogP contribution in [0.4, 0.5) is 10.8 Å². The number of aromatic nitrogens is 2. The molecule has 5 nitrogen and oxygen atoms in total. The second-order valence-corrected chi connectivity index (χ2v) is 8.28. The minimum absolute atomic E-state index is 0.180. The van der Waals surface area contributed by atoms with Crippen LogP contribution in [0.5, 0.6) is 0 Å². The number of aryl methyl sites for hydroxylation is 1. The summed E-state index contributed by atoms with van der Waals surface area (Å²) in [6.45, 7) is 1.97. The number of carbonyl (C=O) groups excluding carboxylic acids is 1. The zero-order valence-corrected chi connectivity index (χ0v) is 16.4. The van der Waals surface area contributed by atoms with Crippen LogP contribution in [0.2, 0.25) is 5.02 Å². The lowest BCUT2D eigenvalue weighted by Gasteiger charge is -2.09. The third-order valence-electron chi connectivity index (χ3n) is 3.34. The lowest BCUT2D eigenvalue weighted by atomic mass is 10.2. The summed E-state index contributed by atoms with van der Waals surface area (Å²) < 4.78 is 0.926. The summed E-state index contributed by atoms with van der Waals surface area (Å²) in [5.74, 6) is 1.12. The molecular weight excluding hydrogens is 364 g/mol. The van der Waals surface area contributed by atoms with Gasteiger partial charge in [0.1, 0.15) is 0 Å². The number of nitrogens with one attached hydrogen (secondary N) is 1. The Labute approximate surface area is 155 Å². The van der Waals surface area contributed by atoms with Crippen molar-refractivity contribution < 1.29 is 4.79 Å². The number of unbranched alkanes of at least 4 members (excludes halogenated alkanes) is 1. The van der Waals surface area contributed by atoms with Gasteiger partial charge in [0, 0.05) is 37.0 Å². The maximum Gasteiger partial charge on any atom is 0.222 e. The maximum atomic E-state index is 11.5. The summed E-state index contributed by atoms with van der Waals surface area (Å²) in [4.78, 5) is 13.1. The molecule has 0 spiro atoms. The molecule has 0 atom stereocenters. The van der Waals surface area contributed by atoms with Gasteiger partial charge < -0.3 is 10.2 Å². The average molecular weight is 385 g/mol. The van der Waals surface area contributed by atoms with Gasteiger partial charge in [-0.05, 0) is 37.5 Å². The van der Waals surface area contributed by atoms with Crippen LogP contribution in [0.15, 0.2) is 22.5 Å². The first-order valence-corrected chi connectivity index (χ1v) is 9.83. The number of thioether (sulfide) groups is 1. The molecule has 1 heterocycles. The number of benzene rings is 1. The van der Waals surface area contributed by atoms with Crippen molar-refractivity contribution in [1.82, 2.24) is 15.1 Å². The van der Waals surface area contributed by atoms with E-state index in [-0.39, 0.29) is 5.91 Å². The fourth-order valence-corrected chi connectivity index (χ4v) is 3.90. The average Bonchev–Trinajstić information content (AvgIpc) is 2.97. The molecule has 0 radical (unpaired) electrons. The van der Waals surface area contributed by atoms with Gasteiger partial charge in [-0.2, -0.15) is 0 Å². The maximum absolute atomic E-state index is 11.5. The predicted molar refractivity (Wildman–Crippen MR) is 103 cm³/mol. The molecule has 8 heteroatoms. The van der Waals surface area contributed by atoms with Gasteiger partial charge in [-0.25, -0.2) is 0 Å². The molecule has 0 aliphatic carbocycles. The molecule has 0 saturated carbocycles. The van der Waals surface area contributed by atoms with Gasteiger partial charge in [0.15, 0.2) is 4.34 Å². The number of carbonyl (C=O) groups is 1. The predicted octanol–water partition coefficient (Wildman–Crippen LogP) is 4.59. The number of nitrogens with zero attached hydrogens (tertiary/aromatic N) is 3. The number of hydrogen-bond acceptors (Lipinski definition) is 6. The molecule has 1 N–H and O–H groups in total. The molecule has 1 aromatic heterocycles. The monoisotopic (exact) mass is 384 g/mol. The van der Waals surface area contributed by atoms with Crippen LogP contribution in [0.3, 0.4) is 0 Å². The lowest BCUT2D eigenvalue weighted by molar-refractivity contribution is -0.128. The molecule has 2 rings (SSSR count). The fourth-order valence-electron chi connectivity index (χ4n) is 1.87. The molecular formula is C16H21ClN4OS2. The molecule has 0 unspecified atom stereocenters. The number of rotatable bonds is 8. The Bertz CT molecular complexity index is 690. The van der Waals surface area contributed by atoms with E-state index in [4.69, 9.17) is 11.6 Å². The minimum Gasteiger partial charge on any atom is -0.349 e. The second kappa shape index (κ2) is 9.25. The quantitative estimate of drug-likeness (QED) is 0.532. The Morgan fingerprint density at radius 3 is 2.83 bits per heavy atom. The third kappa shape index (κ3) is 5.96. The van der Waals surface area contributed by atoms with Crippen LogP contribution in [0.1, 0.15) is 24.8 Å². The van der Waals surface area contributed by atoms with Gasteiger partial charge in [-0.15, -0.1) is 10.2 Å². The summed E-state index contributed by atoms with van der Waals surface area (Å²) in [7, 11) is 3.57. The number of amides is 1. The van der Waals surface area contributed by atoms with Crippen molar-refractivity contribution in [2.75, 3.05) is 25.2 Å². The van der Waals surface area contributed by atoms with E-state index in [0.29, 0.717) is 6.42 Å². The van der Waals surface area contributed by atoms with Crippen molar-refractivity contribution in [3.63, 3.8) is 0 Å². The Hall–Kier alpha value is -1.31. The molecule has 0 aliphatic rings. The molecule has 24 heavy (non-hydrogen) atoms. The Morgan fingerprint density at radius 1 is 1.33 bits per heavy atom. The number of hydrogen-bond donors (Lipinski definition) is 1. The zero-order chi connectivity index (χ0) is 17.5. The van der Waals surface area contributed by atoms with Crippen LogP contribution in [-0.4, -0.2) is 40.9 Å². The van der Waals surface area contributed by atoms with Gasteiger partial charge in [0.25, 0.3) is 0 Å². The highest BCUT2D eigenvalue weighted by atomic mass is 35.5. The van der Waals surface area contributed by atoms with Gasteiger partial charge in [0.2, 0.25) is 11.0 Å². The first kappa shape index (κ1) is 19.0. The van der Waals surface area contributed by atoms with Gasteiger partial charge in [-0.3, -0.25) is 4.79 Å². The van der Waals surface area contributed by atoms with Crippen LogP contribution >= 0.6 is 34.7 Å².